The molecule has 1 aliphatic heterocycles. The quantitative estimate of drug-likeness (QED) is 0.663. The summed E-state index contributed by atoms with van der Waals surface area (Å²) in [7, 11) is 0. The van der Waals surface area contributed by atoms with E-state index in [0.29, 0.717) is 5.92 Å². The highest BCUT2D eigenvalue weighted by Crippen LogP contribution is 2.09. The van der Waals surface area contributed by atoms with Crippen LogP contribution in [0.15, 0.2) is 0 Å². The summed E-state index contributed by atoms with van der Waals surface area (Å²) in [5.74, 6) is 0.666. The van der Waals surface area contributed by atoms with E-state index < -0.39 is 0 Å². The van der Waals surface area contributed by atoms with Crippen molar-refractivity contribution in [3.05, 3.63) is 0 Å². The molecule has 0 amide bonds. The molecule has 1 N–H and O–H groups in total. The lowest BCUT2D eigenvalue weighted by molar-refractivity contribution is 0.0989. The number of rotatable bonds is 5. The molecule has 0 spiro atoms. The predicted molar refractivity (Wildman–Crippen MR) is 55.9 cm³/mol. The maximum absolute atomic E-state index is 5.56. The molecule has 1 atom stereocenters. The molecule has 1 fully saturated rings. The van der Waals surface area contributed by atoms with Crippen LogP contribution in [0.2, 0.25) is 0 Å². The number of hydrogen-bond donors (Lipinski definition) is 1. The van der Waals surface area contributed by atoms with E-state index in [9.17, 15) is 0 Å². The Kier molecular flexibility index (Phi) is 5.40. The lowest BCUT2D eigenvalue weighted by Gasteiger charge is -2.23. The summed E-state index contributed by atoms with van der Waals surface area (Å²) in [5.41, 5.74) is 0. The number of ether oxygens (including phenoxy) is 1. The van der Waals surface area contributed by atoms with Crippen molar-refractivity contribution in [3.63, 3.8) is 0 Å². The largest absolute Gasteiger partial charge is 0.381 e. The fraction of sp³-hybridized carbons (Fsp3) is 1.00. The van der Waals surface area contributed by atoms with Crippen LogP contribution >= 0.6 is 0 Å². The molecular formula is C11H23NO. The fourth-order valence-corrected chi connectivity index (χ4v) is 1.72. The van der Waals surface area contributed by atoms with Crippen molar-refractivity contribution in [3.8, 4) is 0 Å². The van der Waals surface area contributed by atoms with E-state index in [1.807, 2.05) is 0 Å². The first-order chi connectivity index (χ1) is 6.29. The first-order valence-electron chi connectivity index (χ1n) is 5.60. The van der Waals surface area contributed by atoms with Crippen LogP contribution in [0.1, 0.15) is 39.5 Å². The number of piperidine rings is 1. The molecule has 2 nitrogen and oxygen atoms in total. The molecule has 78 valence electrons. The van der Waals surface area contributed by atoms with Crippen LogP contribution in [0.3, 0.4) is 0 Å². The van der Waals surface area contributed by atoms with Crippen molar-refractivity contribution in [2.24, 2.45) is 5.92 Å². The molecule has 0 aromatic carbocycles. The Labute approximate surface area is 82.0 Å². The van der Waals surface area contributed by atoms with E-state index in [1.54, 1.807) is 0 Å². The van der Waals surface area contributed by atoms with Gasteiger partial charge in [0.2, 0.25) is 0 Å². The molecule has 1 aliphatic rings. The molecular weight excluding hydrogens is 162 g/mol. The van der Waals surface area contributed by atoms with Gasteiger partial charge in [0.05, 0.1) is 0 Å². The van der Waals surface area contributed by atoms with Crippen LogP contribution in [0, 0.1) is 5.92 Å². The smallest absolute Gasteiger partial charge is 0.0489 e. The second-order valence-electron chi connectivity index (χ2n) is 4.40. The van der Waals surface area contributed by atoms with Crippen molar-refractivity contribution < 1.29 is 4.74 Å². The minimum Gasteiger partial charge on any atom is -0.381 e. The van der Waals surface area contributed by atoms with E-state index in [4.69, 9.17) is 4.74 Å². The Morgan fingerprint density at radius 2 is 2.23 bits per heavy atom. The second-order valence-corrected chi connectivity index (χ2v) is 4.40. The average molecular weight is 185 g/mol. The van der Waals surface area contributed by atoms with Crippen LogP contribution in [0.5, 0.6) is 0 Å². The first-order valence-corrected chi connectivity index (χ1v) is 5.60. The Bertz CT molecular complexity index is 119. The normalized spacial score (nSPS) is 23.8. The van der Waals surface area contributed by atoms with Crippen molar-refractivity contribution in [1.29, 1.82) is 0 Å². The zero-order chi connectivity index (χ0) is 9.52. The zero-order valence-electron chi connectivity index (χ0n) is 9.01. The topological polar surface area (TPSA) is 21.3 Å². The summed E-state index contributed by atoms with van der Waals surface area (Å²) >= 11 is 0. The predicted octanol–water partition coefficient (Wildman–Crippen LogP) is 2.19. The maximum Gasteiger partial charge on any atom is 0.0489 e. The molecule has 0 aliphatic carbocycles. The second kappa shape index (κ2) is 6.39. The Balaban J connectivity index is 1.92. The Hall–Kier alpha value is -0.0800. The summed E-state index contributed by atoms with van der Waals surface area (Å²) in [5, 5.41) is 3.53. The van der Waals surface area contributed by atoms with E-state index in [2.05, 4.69) is 19.2 Å². The minimum absolute atomic E-state index is 0.666. The van der Waals surface area contributed by atoms with Crippen LogP contribution in [0.25, 0.3) is 0 Å². The highest BCUT2D eigenvalue weighted by atomic mass is 16.5. The highest BCUT2D eigenvalue weighted by Gasteiger charge is 2.11. The lowest BCUT2D eigenvalue weighted by atomic mass is 10.0. The van der Waals surface area contributed by atoms with Gasteiger partial charge in [-0.1, -0.05) is 20.3 Å². The fourth-order valence-electron chi connectivity index (χ4n) is 1.72. The molecule has 0 aromatic heterocycles. The van der Waals surface area contributed by atoms with E-state index in [-0.39, 0.29) is 0 Å². The highest BCUT2D eigenvalue weighted by molar-refractivity contribution is 4.71. The molecule has 0 bridgehead atoms. The Morgan fingerprint density at radius 1 is 1.38 bits per heavy atom. The van der Waals surface area contributed by atoms with Crippen LogP contribution in [0.4, 0.5) is 0 Å². The number of hydrogen-bond acceptors (Lipinski definition) is 2. The van der Waals surface area contributed by atoms with Crippen LogP contribution in [-0.4, -0.2) is 25.8 Å². The summed E-state index contributed by atoms with van der Waals surface area (Å²) < 4.78 is 5.56. The number of nitrogens with one attached hydrogen (secondary N) is 1. The van der Waals surface area contributed by atoms with Gasteiger partial charge in [0.25, 0.3) is 0 Å². The van der Waals surface area contributed by atoms with E-state index in [0.717, 1.165) is 19.3 Å². The summed E-state index contributed by atoms with van der Waals surface area (Å²) in [6, 6.07) is 0.723. The lowest BCUT2D eigenvalue weighted by Crippen LogP contribution is -2.34. The summed E-state index contributed by atoms with van der Waals surface area (Å²) in [4.78, 5) is 0. The molecule has 0 aromatic rings. The van der Waals surface area contributed by atoms with Crippen molar-refractivity contribution in [1.82, 2.24) is 5.32 Å². The average Bonchev–Trinajstić information content (AvgIpc) is 2.14. The third-order valence-electron chi connectivity index (χ3n) is 2.47. The SMILES string of the molecule is CC(C)COCCC1CCCCN1. The standard InChI is InChI=1S/C11H23NO/c1-10(2)9-13-8-6-11-5-3-4-7-12-11/h10-12H,3-9H2,1-2H3. The third kappa shape index (κ3) is 5.27. The van der Waals surface area contributed by atoms with Gasteiger partial charge < -0.3 is 10.1 Å². The summed E-state index contributed by atoms with van der Waals surface area (Å²) in [6.07, 6.45) is 5.27. The van der Waals surface area contributed by atoms with Gasteiger partial charge in [-0.2, -0.15) is 0 Å². The van der Waals surface area contributed by atoms with Crippen molar-refractivity contribution in [2.75, 3.05) is 19.8 Å². The van der Waals surface area contributed by atoms with Gasteiger partial charge in [0.15, 0.2) is 0 Å². The van der Waals surface area contributed by atoms with Gasteiger partial charge in [-0.15, -0.1) is 0 Å². The van der Waals surface area contributed by atoms with Gasteiger partial charge in [-0.3, -0.25) is 0 Å². The maximum atomic E-state index is 5.56. The van der Waals surface area contributed by atoms with Gasteiger partial charge in [0, 0.05) is 19.3 Å². The van der Waals surface area contributed by atoms with Gasteiger partial charge in [0.1, 0.15) is 0 Å². The first kappa shape index (κ1) is 11.0. The van der Waals surface area contributed by atoms with Crippen molar-refractivity contribution >= 4 is 0 Å². The molecule has 0 saturated carbocycles. The van der Waals surface area contributed by atoms with E-state index >= 15 is 0 Å². The minimum atomic E-state index is 0.666. The molecule has 0 radical (unpaired) electrons. The summed E-state index contributed by atoms with van der Waals surface area (Å²) in [6.45, 7) is 7.43. The van der Waals surface area contributed by atoms with Gasteiger partial charge >= 0.3 is 0 Å². The third-order valence-corrected chi connectivity index (χ3v) is 2.47. The Morgan fingerprint density at radius 3 is 2.85 bits per heavy atom. The molecule has 1 unspecified atom stereocenters. The molecule has 13 heavy (non-hydrogen) atoms. The molecule has 2 heteroatoms. The van der Waals surface area contributed by atoms with Gasteiger partial charge in [-0.25, -0.2) is 0 Å². The molecule has 1 heterocycles. The molecule has 1 saturated heterocycles. The van der Waals surface area contributed by atoms with Crippen LogP contribution in [-0.2, 0) is 4.74 Å². The molecule has 1 rings (SSSR count). The van der Waals surface area contributed by atoms with Crippen LogP contribution < -0.4 is 5.32 Å². The zero-order valence-corrected chi connectivity index (χ0v) is 9.01. The van der Waals surface area contributed by atoms with Gasteiger partial charge in [-0.05, 0) is 31.7 Å². The van der Waals surface area contributed by atoms with Crippen molar-refractivity contribution in [2.45, 2.75) is 45.6 Å². The monoisotopic (exact) mass is 185 g/mol. The van der Waals surface area contributed by atoms with E-state index in [1.165, 1.54) is 32.2 Å².